The maximum Gasteiger partial charge on any atom is 0.0325 e. The summed E-state index contributed by atoms with van der Waals surface area (Å²) < 4.78 is 0. The average Bonchev–Trinajstić information content (AvgIpc) is 1.90. The summed E-state index contributed by atoms with van der Waals surface area (Å²) in [6.07, 6.45) is 6.33. The Morgan fingerprint density at radius 3 is 2.33 bits per heavy atom. The second-order valence-electron chi connectivity index (χ2n) is 2.26. The number of rotatable bonds is 3. The van der Waals surface area contributed by atoms with Gasteiger partial charge in [0.1, 0.15) is 0 Å². The van der Waals surface area contributed by atoms with Crippen molar-refractivity contribution in [3.63, 3.8) is 0 Å². The lowest BCUT2D eigenvalue weighted by molar-refractivity contribution is 0.461. The molecule has 0 fully saturated rings. The SMILES string of the molecule is C#CC(C)C(CC)NC. The highest BCUT2D eigenvalue weighted by atomic mass is 14.9. The molecule has 0 aliphatic rings. The van der Waals surface area contributed by atoms with Gasteiger partial charge < -0.3 is 5.32 Å². The second-order valence-corrected chi connectivity index (χ2v) is 2.26. The molecule has 0 aromatic heterocycles. The second kappa shape index (κ2) is 4.40. The average molecular weight is 125 g/mol. The molecule has 0 heterocycles. The molecule has 0 aliphatic carbocycles. The first kappa shape index (κ1) is 8.52. The zero-order valence-electron chi connectivity index (χ0n) is 6.44. The van der Waals surface area contributed by atoms with Crippen LogP contribution in [0.15, 0.2) is 0 Å². The minimum atomic E-state index is 0.347. The van der Waals surface area contributed by atoms with Crippen molar-refractivity contribution in [2.45, 2.75) is 26.3 Å². The third-order valence-corrected chi connectivity index (χ3v) is 1.68. The highest BCUT2D eigenvalue weighted by Crippen LogP contribution is 2.03. The molecule has 2 unspecified atom stereocenters. The van der Waals surface area contributed by atoms with E-state index in [9.17, 15) is 0 Å². The van der Waals surface area contributed by atoms with Gasteiger partial charge in [0.2, 0.25) is 0 Å². The third kappa shape index (κ3) is 2.53. The van der Waals surface area contributed by atoms with Crippen LogP contribution in [0.1, 0.15) is 20.3 Å². The summed E-state index contributed by atoms with van der Waals surface area (Å²) in [6.45, 7) is 4.19. The predicted octanol–water partition coefficient (Wildman–Crippen LogP) is 1.25. The summed E-state index contributed by atoms with van der Waals surface area (Å²) >= 11 is 0. The summed E-state index contributed by atoms with van der Waals surface area (Å²) in [6, 6.07) is 0.481. The van der Waals surface area contributed by atoms with Crippen LogP contribution in [-0.2, 0) is 0 Å². The first-order valence-electron chi connectivity index (χ1n) is 3.39. The fourth-order valence-corrected chi connectivity index (χ4v) is 0.924. The molecule has 0 saturated carbocycles. The Balaban J connectivity index is 3.67. The first-order valence-corrected chi connectivity index (χ1v) is 3.39. The zero-order valence-corrected chi connectivity index (χ0v) is 6.44. The molecule has 1 nitrogen and oxygen atoms in total. The third-order valence-electron chi connectivity index (χ3n) is 1.68. The molecule has 1 heteroatoms. The van der Waals surface area contributed by atoms with Crippen LogP contribution in [0, 0.1) is 18.3 Å². The van der Waals surface area contributed by atoms with Gasteiger partial charge in [-0.1, -0.05) is 6.92 Å². The van der Waals surface area contributed by atoms with Gasteiger partial charge in [-0.2, -0.15) is 0 Å². The highest BCUT2D eigenvalue weighted by molar-refractivity contribution is 4.95. The molecule has 0 saturated heterocycles. The van der Waals surface area contributed by atoms with Gasteiger partial charge in [-0.25, -0.2) is 0 Å². The van der Waals surface area contributed by atoms with Gasteiger partial charge in [0.15, 0.2) is 0 Å². The van der Waals surface area contributed by atoms with Crippen molar-refractivity contribution in [2.75, 3.05) is 7.05 Å². The minimum Gasteiger partial charge on any atom is -0.316 e. The van der Waals surface area contributed by atoms with Crippen LogP contribution in [-0.4, -0.2) is 13.1 Å². The molecule has 0 aliphatic heterocycles. The van der Waals surface area contributed by atoms with E-state index in [1.165, 1.54) is 0 Å². The van der Waals surface area contributed by atoms with E-state index in [0.29, 0.717) is 12.0 Å². The molecule has 52 valence electrons. The Morgan fingerprint density at radius 2 is 2.22 bits per heavy atom. The lowest BCUT2D eigenvalue weighted by Gasteiger charge is -2.16. The summed E-state index contributed by atoms with van der Waals surface area (Å²) in [5.41, 5.74) is 0. The fourth-order valence-electron chi connectivity index (χ4n) is 0.924. The van der Waals surface area contributed by atoms with Gasteiger partial charge in [-0.15, -0.1) is 12.3 Å². The smallest absolute Gasteiger partial charge is 0.0325 e. The van der Waals surface area contributed by atoms with Crippen molar-refractivity contribution in [1.29, 1.82) is 0 Å². The summed E-state index contributed by atoms with van der Waals surface area (Å²) in [7, 11) is 1.95. The van der Waals surface area contributed by atoms with Crippen LogP contribution >= 0.6 is 0 Å². The minimum absolute atomic E-state index is 0.347. The molecule has 0 spiro atoms. The van der Waals surface area contributed by atoms with Crippen molar-refractivity contribution in [3.8, 4) is 12.3 Å². The van der Waals surface area contributed by atoms with Crippen LogP contribution in [0.2, 0.25) is 0 Å². The van der Waals surface area contributed by atoms with Gasteiger partial charge in [0, 0.05) is 12.0 Å². The van der Waals surface area contributed by atoms with E-state index in [2.05, 4.69) is 25.1 Å². The number of nitrogens with one attached hydrogen (secondary N) is 1. The van der Waals surface area contributed by atoms with Crippen molar-refractivity contribution < 1.29 is 0 Å². The summed E-state index contributed by atoms with van der Waals surface area (Å²) in [5.74, 6) is 3.05. The Bertz CT molecular complexity index is 97.6. The van der Waals surface area contributed by atoms with Gasteiger partial charge in [-0.05, 0) is 20.4 Å². The van der Waals surface area contributed by atoms with Crippen LogP contribution in [0.5, 0.6) is 0 Å². The molecule has 0 rings (SSSR count). The number of hydrogen-bond acceptors (Lipinski definition) is 1. The molecular formula is C8H15N. The van der Waals surface area contributed by atoms with E-state index in [-0.39, 0.29) is 0 Å². The molecule has 0 aromatic rings. The molecule has 2 atom stereocenters. The van der Waals surface area contributed by atoms with Gasteiger partial charge in [0.25, 0.3) is 0 Å². The first-order chi connectivity index (χ1) is 4.26. The topological polar surface area (TPSA) is 12.0 Å². The van der Waals surface area contributed by atoms with Crippen LogP contribution < -0.4 is 5.32 Å². The predicted molar refractivity (Wildman–Crippen MR) is 41.1 cm³/mol. The zero-order chi connectivity index (χ0) is 7.28. The molecule has 1 N–H and O–H groups in total. The summed E-state index contributed by atoms with van der Waals surface area (Å²) in [4.78, 5) is 0. The van der Waals surface area contributed by atoms with E-state index in [1.807, 2.05) is 7.05 Å². The van der Waals surface area contributed by atoms with Crippen LogP contribution in [0.25, 0.3) is 0 Å². The Kier molecular flexibility index (Phi) is 4.17. The Labute approximate surface area is 57.8 Å². The largest absolute Gasteiger partial charge is 0.316 e. The standard InChI is InChI=1S/C8H15N/c1-5-7(3)8(6-2)9-4/h1,7-9H,6H2,2-4H3. The molecule has 0 bridgehead atoms. The maximum atomic E-state index is 5.23. The Hall–Kier alpha value is -0.480. The number of hydrogen-bond donors (Lipinski definition) is 1. The fraction of sp³-hybridized carbons (Fsp3) is 0.750. The van der Waals surface area contributed by atoms with Gasteiger partial charge in [0.05, 0.1) is 0 Å². The maximum absolute atomic E-state index is 5.23. The molecule has 9 heavy (non-hydrogen) atoms. The molecule has 0 radical (unpaired) electrons. The normalized spacial score (nSPS) is 16.2. The quantitative estimate of drug-likeness (QED) is 0.560. The van der Waals surface area contributed by atoms with Gasteiger partial charge >= 0.3 is 0 Å². The molecule has 0 amide bonds. The van der Waals surface area contributed by atoms with E-state index in [1.54, 1.807) is 0 Å². The van der Waals surface area contributed by atoms with E-state index >= 15 is 0 Å². The van der Waals surface area contributed by atoms with E-state index in [4.69, 9.17) is 6.42 Å². The molecular weight excluding hydrogens is 110 g/mol. The van der Waals surface area contributed by atoms with Crippen LogP contribution in [0.3, 0.4) is 0 Å². The van der Waals surface area contributed by atoms with Gasteiger partial charge in [-0.3, -0.25) is 0 Å². The Morgan fingerprint density at radius 1 is 1.67 bits per heavy atom. The van der Waals surface area contributed by atoms with Crippen molar-refractivity contribution in [1.82, 2.24) is 5.32 Å². The lowest BCUT2D eigenvalue weighted by Crippen LogP contribution is -2.30. The highest BCUT2D eigenvalue weighted by Gasteiger charge is 2.08. The van der Waals surface area contributed by atoms with E-state index < -0.39 is 0 Å². The van der Waals surface area contributed by atoms with E-state index in [0.717, 1.165) is 6.42 Å². The summed E-state index contributed by atoms with van der Waals surface area (Å²) in [5, 5.41) is 3.16. The van der Waals surface area contributed by atoms with Crippen LogP contribution in [0.4, 0.5) is 0 Å². The van der Waals surface area contributed by atoms with Crippen molar-refractivity contribution >= 4 is 0 Å². The lowest BCUT2D eigenvalue weighted by atomic mass is 10.0. The van der Waals surface area contributed by atoms with Crippen molar-refractivity contribution in [3.05, 3.63) is 0 Å². The number of terminal acetylenes is 1. The molecule has 0 aromatic carbocycles. The monoisotopic (exact) mass is 125 g/mol. The van der Waals surface area contributed by atoms with Crippen molar-refractivity contribution in [2.24, 2.45) is 5.92 Å².